The lowest BCUT2D eigenvalue weighted by atomic mass is 9.94. The second-order valence-electron chi connectivity index (χ2n) is 6.15. The summed E-state index contributed by atoms with van der Waals surface area (Å²) in [5.74, 6) is 0.976. The molecule has 2 aliphatic heterocycles. The van der Waals surface area contributed by atoms with E-state index in [0.717, 1.165) is 19.0 Å². The molecule has 0 aromatic heterocycles. The molecular formula is C17H26N2. The number of rotatable bonds is 3. The second kappa shape index (κ2) is 5.96. The average molecular weight is 258 g/mol. The first-order valence-electron chi connectivity index (χ1n) is 7.93. The largest absolute Gasteiger partial charge is 0.385 e. The third kappa shape index (κ3) is 3.11. The molecule has 2 heterocycles. The summed E-state index contributed by atoms with van der Waals surface area (Å²) in [4.78, 5) is 2.63. The van der Waals surface area contributed by atoms with Crippen LogP contribution in [0.15, 0.2) is 18.2 Å². The number of nitrogens with one attached hydrogen (secondary N) is 1. The SMILES string of the molecule is CCC1CCN(Cc2ccc3c(c2)CCCN3)CC1. The van der Waals surface area contributed by atoms with Gasteiger partial charge in [0, 0.05) is 18.8 Å². The highest BCUT2D eigenvalue weighted by molar-refractivity contribution is 5.54. The molecule has 0 atom stereocenters. The lowest BCUT2D eigenvalue weighted by Gasteiger charge is -2.31. The number of anilines is 1. The van der Waals surface area contributed by atoms with E-state index in [1.165, 1.54) is 62.0 Å². The Hall–Kier alpha value is -1.02. The molecule has 1 saturated heterocycles. The Balaban J connectivity index is 1.61. The van der Waals surface area contributed by atoms with Crippen LogP contribution in [0.25, 0.3) is 0 Å². The van der Waals surface area contributed by atoms with E-state index in [1.54, 1.807) is 0 Å². The molecule has 0 aliphatic carbocycles. The molecule has 0 unspecified atom stereocenters. The number of nitrogens with zero attached hydrogens (tertiary/aromatic N) is 1. The zero-order valence-corrected chi connectivity index (χ0v) is 12.1. The van der Waals surface area contributed by atoms with Crippen LogP contribution in [0.2, 0.25) is 0 Å². The number of benzene rings is 1. The van der Waals surface area contributed by atoms with Gasteiger partial charge in [-0.05, 0) is 61.9 Å². The Bertz CT molecular complexity index is 419. The van der Waals surface area contributed by atoms with Crippen LogP contribution in [0.3, 0.4) is 0 Å². The third-order valence-corrected chi connectivity index (χ3v) is 4.80. The van der Waals surface area contributed by atoms with Crippen molar-refractivity contribution in [3.63, 3.8) is 0 Å². The van der Waals surface area contributed by atoms with Crippen molar-refractivity contribution in [3.8, 4) is 0 Å². The molecule has 0 amide bonds. The van der Waals surface area contributed by atoms with Crippen molar-refractivity contribution in [2.45, 2.75) is 45.6 Å². The summed E-state index contributed by atoms with van der Waals surface area (Å²) >= 11 is 0. The summed E-state index contributed by atoms with van der Waals surface area (Å²) in [5.41, 5.74) is 4.38. The predicted molar refractivity (Wildman–Crippen MR) is 81.5 cm³/mol. The van der Waals surface area contributed by atoms with Gasteiger partial charge in [0.05, 0.1) is 0 Å². The van der Waals surface area contributed by atoms with E-state index in [1.807, 2.05) is 0 Å². The maximum absolute atomic E-state index is 3.49. The van der Waals surface area contributed by atoms with E-state index in [9.17, 15) is 0 Å². The first kappa shape index (κ1) is 13.0. The normalized spacial score (nSPS) is 20.9. The topological polar surface area (TPSA) is 15.3 Å². The minimum Gasteiger partial charge on any atom is -0.385 e. The van der Waals surface area contributed by atoms with Gasteiger partial charge in [-0.15, -0.1) is 0 Å². The monoisotopic (exact) mass is 258 g/mol. The van der Waals surface area contributed by atoms with Gasteiger partial charge in [-0.1, -0.05) is 25.5 Å². The van der Waals surface area contributed by atoms with Crippen LogP contribution in [0.1, 0.15) is 43.7 Å². The van der Waals surface area contributed by atoms with Gasteiger partial charge in [-0.2, -0.15) is 0 Å². The van der Waals surface area contributed by atoms with Gasteiger partial charge in [0.2, 0.25) is 0 Å². The Morgan fingerprint density at radius 3 is 2.89 bits per heavy atom. The third-order valence-electron chi connectivity index (χ3n) is 4.80. The average Bonchev–Trinajstić information content (AvgIpc) is 2.48. The highest BCUT2D eigenvalue weighted by Crippen LogP contribution is 2.25. The zero-order chi connectivity index (χ0) is 13.1. The molecule has 2 nitrogen and oxygen atoms in total. The van der Waals surface area contributed by atoms with Crippen molar-refractivity contribution < 1.29 is 0 Å². The quantitative estimate of drug-likeness (QED) is 0.890. The van der Waals surface area contributed by atoms with Crippen LogP contribution in [0, 0.1) is 5.92 Å². The maximum atomic E-state index is 3.49. The Morgan fingerprint density at radius 1 is 1.26 bits per heavy atom. The summed E-state index contributed by atoms with van der Waals surface area (Å²) in [5, 5.41) is 3.49. The fourth-order valence-corrected chi connectivity index (χ4v) is 3.44. The predicted octanol–water partition coefficient (Wildman–Crippen LogP) is 3.67. The van der Waals surface area contributed by atoms with E-state index in [-0.39, 0.29) is 0 Å². The van der Waals surface area contributed by atoms with Gasteiger partial charge in [-0.25, -0.2) is 0 Å². The highest BCUT2D eigenvalue weighted by Gasteiger charge is 2.18. The number of hydrogen-bond donors (Lipinski definition) is 1. The van der Waals surface area contributed by atoms with E-state index in [4.69, 9.17) is 0 Å². The standard InChI is InChI=1S/C17H26N2/c1-2-14-7-10-19(11-8-14)13-15-5-6-17-16(12-15)4-3-9-18-17/h5-6,12,14,18H,2-4,7-11,13H2,1H3. The molecule has 2 heteroatoms. The summed E-state index contributed by atoms with van der Waals surface area (Å²) in [6.07, 6.45) is 6.66. The molecule has 0 spiro atoms. The first-order valence-corrected chi connectivity index (χ1v) is 7.93. The molecule has 0 radical (unpaired) electrons. The van der Waals surface area contributed by atoms with E-state index < -0.39 is 0 Å². The second-order valence-corrected chi connectivity index (χ2v) is 6.15. The van der Waals surface area contributed by atoms with Gasteiger partial charge in [0.15, 0.2) is 0 Å². The van der Waals surface area contributed by atoms with Crippen LogP contribution in [-0.2, 0) is 13.0 Å². The van der Waals surface area contributed by atoms with E-state index in [2.05, 4.69) is 35.3 Å². The number of hydrogen-bond acceptors (Lipinski definition) is 2. The molecule has 2 aliphatic rings. The molecule has 19 heavy (non-hydrogen) atoms. The molecule has 1 N–H and O–H groups in total. The number of fused-ring (bicyclic) bond motifs is 1. The lowest BCUT2D eigenvalue weighted by Crippen LogP contribution is -2.33. The number of likely N-dealkylation sites (tertiary alicyclic amines) is 1. The Kier molecular flexibility index (Phi) is 4.07. The first-order chi connectivity index (χ1) is 9.35. The van der Waals surface area contributed by atoms with E-state index >= 15 is 0 Å². The fourth-order valence-electron chi connectivity index (χ4n) is 3.44. The summed E-state index contributed by atoms with van der Waals surface area (Å²) in [6, 6.07) is 7.01. The van der Waals surface area contributed by atoms with Crippen LogP contribution in [0.4, 0.5) is 5.69 Å². The Labute approximate surface area is 117 Å². The fraction of sp³-hybridized carbons (Fsp3) is 0.647. The molecule has 0 bridgehead atoms. The zero-order valence-electron chi connectivity index (χ0n) is 12.1. The molecule has 1 aromatic carbocycles. The van der Waals surface area contributed by atoms with Crippen LogP contribution in [-0.4, -0.2) is 24.5 Å². The lowest BCUT2D eigenvalue weighted by molar-refractivity contribution is 0.175. The van der Waals surface area contributed by atoms with Crippen LogP contribution >= 0.6 is 0 Å². The van der Waals surface area contributed by atoms with Crippen molar-refractivity contribution in [2.24, 2.45) is 5.92 Å². The minimum atomic E-state index is 0.976. The molecule has 1 aromatic rings. The molecule has 1 fully saturated rings. The number of aryl methyl sites for hydroxylation is 1. The molecule has 0 saturated carbocycles. The molecule has 3 rings (SSSR count). The van der Waals surface area contributed by atoms with Gasteiger partial charge < -0.3 is 5.32 Å². The van der Waals surface area contributed by atoms with Crippen molar-refractivity contribution in [1.29, 1.82) is 0 Å². The van der Waals surface area contributed by atoms with Gasteiger partial charge in [-0.3, -0.25) is 4.90 Å². The molecule has 104 valence electrons. The minimum absolute atomic E-state index is 0.976. The maximum Gasteiger partial charge on any atom is 0.0372 e. The summed E-state index contributed by atoms with van der Waals surface area (Å²) in [7, 11) is 0. The van der Waals surface area contributed by atoms with Gasteiger partial charge in [0.25, 0.3) is 0 Å². The van der Waals surface area contributed by atoms with Gasteiger partial charge >= 0.3 is 0 Å². The number of piperidine rings is 1. The van der Waals surface area contributed by atoms with Crippen molar-refractivity contribution in [2.75, 3.05) is 25.0 Å². The molecular weight excluding hydrogens is 232 g/mol. The van der Waals surface area contributed by atoms with Crippen molar-refractivity contribution >= 4 is 5.69 Å². The smallest absolute Gasteiger partial charge is 0.0372 e. The Morgan fingerprint density at radius 2 is 2.11 bits per heavy atom. The highest BCUT2D eigenvalue weighted by atomic mass is 15.1. The van der Waals surface area contributed by atoms with Crippen molar-refractivity contribution in [3.05, 3.63) is 29.3 Å². The van der Waals surface area contributed by atoms with Crippen molar-refractivity contribution in [1.82, 2.24) is 4.90 Å². The van der Waals surface area contributed by atoms with Crippen LogP contribution < -0.4 is 5.32 Å². The van der Waals surface area contributed by atoms with Crippen LogP contribution in [0.5, 0.6) is 0 Å². The van der Waals surface area contributed by atoms with Gasteiger partial charge in [0.1, 0.15) is 0 Å². The summed E-state index contributed by atoms with van der Waals surface area (Å²) in [6.45, 7) is 7.18. The van der Waals surface area contributed by atoms with E-state index in [0.29, 0.717) is 0 Å². The summed E-state index contributed by atoms with van der Waals surface area (Å²) < 4.78 is 0.